The standard InChI is InChI=1S/C25H25ClFNO3/c1-4-30-23-12-9-17(25(29)28-19-10-11-22(27)21(26)14-19)13-18(23)15-31-24-8-6-5-7-20(24)16(2)3/h5-14,16H,4,15H2,1-3H3,(H,28,29). The Morgan fingerprint density at radius 1 is 1.03 bits per heavy atom. The minimum Gasteiger partial charge on any atom is -0.493 e. The van der Waals surface area contributed by atoms with E-state index in [1.54, 1.807) is 18.2 Å². The maximum absolute atomic E-state index is 13.4. The number of anilines is 1. The lowest BCUT2D eigenvalue weighted by molar-refractivity contribution is 0.102. The van der Waals surface area contributed by atoms with Crippen LogP contribution in [0, 0.1) is 5.82 Å². The first-order valence-electron chi connectivity index (χ1n) is 10.1. The third-order valence-electron chi connectivity index (χ3n) is 4.72. The van der Waals surface area contributed by atoms with Crippen molar-refractivity contribution in [3.8, 4) is 11.5 Å². The summed E-state index contributed by atoms with van der Waals surface area (Å²) in [5, 5.41) is 2.68. The highest BCUT2D eigenvalue weighted by molar-refractivity contribution is 6.31. The van der Waals surface area contributed by atoms with E-state index in [2.05, 4.69) is 19.2 Å². The van der Waals surface area contributed by atoms with Crippen LogP contribution in [-0.2, 0) is 6.61 Å². The predicted molar refractivity (Wildman–Crippen MR) is 122 cm³/mol. The summed E-state index contributed by atoms with van der Waals surface area (Å²) in [6.45, 7) is 6.87. The molecule has 0 saturated carbocycles. The summed E-state index contributed by atoms with van der Waals surface area (Å²) < 4.78 is 25.2. The molecule has 3 aromatic rings. The van der Waals surface area contributed by atoms with Crippen LogP contribution >= 0.6 is 11.6 Å². The first kappa shape index (κ1) is 22.6. The Hall–Kier alpha value is -3.05. The monoisotopic (exact) mass is 441 g/mol. The molecule has 1 N–H and O–H groups in total. The van der Waals surface area contributed by atoms with E-state index in [9.17, 15) is 9.18 Å². The van der Waals surface area contributed by atoms with Gasteiger partial charge in [0.15, 0.2) is 0 Å². The predicted octanol–water partition coefficient (Wildman–Crippen LogP) is 6.83. The summed E-state index contributed by atoms with van der Waals surface area (Å²) in [7, 11) is 0. The molecular formula is C25H25ClFNO3. The smallest absolute Gasteiger partial charge is 0.255 e. The minimum atomic E-state index is -0.540. The average molecular weight is 442 g/mol. The number of carbonyl (C=O) groups excluding carboxylic acids is 1. The van der Waals surface area contributed by atoms with Crippen molar-refractivity contribution in [3.63, 3.8) is 0 Å². The summed E-state index contributed by atoms with van der Waals surface area (Å²) in [6, 6.07) is 17.1. The molecular weight excluding hydrogens is 417 g/mol. The van der Waals surface area contributed by atoms with Gasteiger partial charge in [0, 0.05) is 16.8 Å². The number of hydrogen-bond donors (Lipinski definition) is 1. The fourth-order valence-electron chi connectivity index (χ4n) is 3.15. The Balaban J connectivity index is 1.82. The highest BCUT2D eigenvalue weighted by Gasteiger charge is 2.14. The van der Waals surface area contributed by atoms with Crippen LogP contribution in [0.25, 0.3) is 0 Å². The van der Waals surface area contributed by atoms with E-state index in [1.807, 2.05) is 31.2 Å². The van der Waals surface area contributed by atoms with Crippen LogP contribution in [0.4, 0.5) is 10.1 Å². The average Bonchev–Trinajstić information content (AvgIpc) is 2.76. The topological polar surface area (TPSA) is 47.6 Å². The lowest BCUT2D eigenvalue weighted by Gasteiger charge is -2.16. The van der Waals surface area contributed by atoms with Gasteiger partial charge in [0.05, 0.1) is 11.6 Å². The summed E-state index contributed by atoms with van der Waals surface area (Å²) >= 11 is 5.80. The van der Waals surface area contributed by atoms with Crippen LogP contribution in [-0.4, -0.2) is 12.5 Å². The first-order valence-corrected chi connectivity index (χ1v) is 10.5. The van der Waals surface area contributed by atoms with E-state index in [4.69, 9.17) is 21.1 Å². The highest BCUT2D eigenvalue weighted by atomic mass is 35.5. The molecule has 31 heavy (non-hydrogen) atoms. The molecule has 162 valence electrons. The Morgan fingerprint density at radius 2 is 1.81 bits per heavy atom. The number of nitrogens with one attached hydrogen (secondary N) is 1. The third kappa shape index (κ3) is 5.76. The van der Waals surface area contributed by atoms with Crippen LogP contribution in [0.5, 0.6) is 11.5 Å². The molecule has 0 unspecified atom stereocenters. The molecule has 3 rings (SSSR count). The van der Waals surface area contributed by atoms with Crippen LogP contribution < -0.4 is 14.8 Å². The van der Waals surface area contributed by atoms with Crippen molar-refractivity contribution in [2.75, 3.05) is 11.9 Å². The molecule has 0 saturated heterocycles. The van der Waals surface area contributed by atoms with Gasteiger partial charge in [-0.1, -0.05) is 43.6 Å². The molecule has 0 aromatic heterocycles. The van der Waals surface area contributed by atoms with Gasteiger partial charge in [0.1, 0.15) is 23.9 Å². The van der Waals surface area contributed by atoms with Crippen molar-refractivity contribution in [3.05, 3.63) is 88.2 Å². The number of amides is 1. The zero-order valence-electron chi connectivity index (χ0n) is 17.7. The molecule has 3 aromatic carbocycles. The molecule has 0 aliphatic carbocycles. The molecule has 0 fully saturated rings. The lowest BCUT2D eigenvalue weighted by atomic mass is 10.0. The molecule has 0 radical (unpaired) electrons. The first-order chi connectivity index (χ1) is 14.9. The second-order valence-corrected chi connectivity index (χ2v) is 7.73. The SMILES string of the molecule is CCOc1ccc(C(=O)Nc2ccc(F)c(Cl)c2)cc1COc1ccccc1C(C)C. The largest absolute Gasteiger partial charge is 0.493 e. The molecule has 4 nitrogen and oxygen atoms in total. The molecule has 6 heteroatoms. The van der Waals surface area contributed by atoms with E-state index in [-0.39, 0.29) is 17.5 Å². The molecule has 0 aliphatic rings. The molecule has 0 bridgehead atoms. The quantitative estimate of drug-likeness (QED) is 0.416. The van der Waals surface area contributed by atoms with Crippen LogP contribution in [0.1, 0.15) is 48.2 Å². The van der Waals surface area contributed by atoms with Crippen LogP contribution in [0.3, 0.4) is 0 Å². The molecule has 1 amide bonds. The van der Waals surface area contributed by atoms with E-state index < -0.39 is 5.82 Å². The Labute approximate surface area is 187 Å². The third-order valence-corrected chi connectivity index (χ3v) is 5.01. The second kappa shape index (κ2) is 10.3. The van der Waals surface area contributed by atoms with E-state index in [0.29, 0.717) is 29.5 Å². The van der Waals surface area contributed by atoms with Crippen molar-refractivity contribution in [1.29, 1.82) is 0 Å². The van der Waals surface area contributed by atoms with Gasteiger partial charge >= 0.3 is 0 Å². The fourth-order valence-corrected chi connectivity index (χ4v) is 3.33. The lowest BCUT2D eigenvalue weighted by Crippen LogP contribution is -2.13. The molecule has 0 aliphatic heterocycles. The Morgan fingerprint density at radius 3 is 2.52 bits per heavy atom. The van der Waals surface area contributed by atoms with Gasteiger partial charge in [-0.25, -0.2) is 4.39 Å². The van der Waals surface area contributed by atoms with Gasteiger partial charge in [-0.3, -0.25) is 4.79 Å². The number of rotatable bonds is 8. The van der Waals surface area contributed by atoms with Gasteiger partial charge < -0.3 is 14.8 Å². The minimum absolute atomic E-state index is 0.0533. The second-order valence-electron chi connectivity index (χ2n) is 7.32. The summed E-state index contributed by atoms with van der Waals surface area (Å²) in [5.41, 5.74) is 2.71. The zero-order chi connectivity index (χ0) is 22.4. The maximum atomic E-state index is 13.4. The molecule has 0 heterocycles. The highest BCUT2D eigenvalue weighted by Crippen LogP contribution is 2.29. The molecule has 0 atom stereocenters. The van der Waals surface area contributed by atoms with Crippen molar-refractivity contribution < 1.29 is 18.7 Å². The number of halogens is 2. The van der Waals surface area contributed by atoms with Gasteiger partial charge in [-0.2, -0.15) is 0 Å². The van der Waals surface area contributed by atoms with Crippen molar-refractivity contribution in [2.24, 2.45) is 0 Å². The van der Waals surface area contributed by atoms with E-state index in [1.165, 1.54) is 18.2 Å². The van der Waals surface area contributed by atoms with Gasteiger partial charge in [0.2, 0.25) is 0 Å². The zero-order valence-corrected chi connectivity index (χ0v) is 18.5. The number of ether oxygens (including phenoxy) is 2. The van der Waals surface area contributed by atoms with Gasteiger partial charge in [-0.15, -0.1) is 0 Å². The summed E-state index contributed by atoms with van der Waals surface area (Å²) in [5.74, 6) is 0.903. The van der Waals surface area contributed by atoms with Crippen molar-refractivity contribution >= 4 is 23.2 Å². The normalized spacial score (nSPS) is 10.8. The van der Waals surface area contributed by atoms with Crippen molar-refractivity contribution in [1.82, 2.24) is 0 Å². The summed E-state index contributed by atoms with van der Waals surface area (Å²) in [6.07, 6.45) is 0. The Kier molecular flexibility index (Phi) is 7.53. The number of carbonyl (C=O) groups is 1. The number of para-hydroxylation sites is 1. The van der Waals surface area contributed by atoms with Crippen LogP contribution in [0.2, 0.25) is 5.02 Å². The summed E-state index contributed by atoms with van der Waals surface area (Å²) in [4.78, 5) is 12.7. The number of benzene rings is 3. The Bertz CT molecular complexity index is 1070. The van der Waals surface area contributed by atoms with Crippen LogP contribution in [0.15, 0.2) is 60.7 Å². The van der Waals surface area contributed by atoms with Crippen molar-refractivity contribution in [2.45, 2.75) is 33.3 Å². The maximum Gasteiger partial charge on any atom is 0.255 e. The van der Waals surface area contributed by atoms with E-state index in [0.717, 1.165) is 16.9 Å². The van der Waals surface area contributed by atoms with Gasteiger partial charge in [0.25, 0.3) is 5.91 Å². The van der Waals surface area contributed by atoms with Gasteiger partial charge in [-0.05, 0) is 60.9 Å². The fraction of sp³-hybridized carbons (Fsp3) is 0.240. The molecule has 0 spiro atoms. The number of hydrogen-bond acceptors (Lipinski definition) is 3. The van der Waals surface area contributed by atoms with E-state index >= 15 is 0 Å².